The number of hydrogen-bond donors (Lipinski definition) is 2. The van der Waals surface area contributed by atoms with Gasteiger partial charge in [-0.3, -0.25) is 9.79 Å². The summed E-state index contributed by atoms with van der Waals surface area (Å²) in [4.78, 5) is 18.2. The highest BCUT2D eigenvalue weighted by Gasteiger charge is 2.26. The second-order valence-electron chi connectivity index (χ2n) is 6.10. The zero-order chi connectivity index (χ0) is 16.4. The molecule has 0 aromatic rings. The van der Waals surface area contributed by atoms with Crippen LogP contribution in [0.25, 0.3) is 0 Å². The van der Waals surface area contributed by atoms with Gasteiger partial charge in [-0.2, -0.15) is 0 Å². The van der Waals surface area contributed by atoms with Crippen LogP contribution in [0.4, 0.5) is 0 Å². The molecule has 1 aliphatic rings. The molecule has 1 amide bonds. The molecule has 2 N–H and O–H groups in total. The van der Waals surface area contributed by atoms with Crippen molar-refractivity contribution in [3.05, 3.63) is 0 Å². The van der Waals surface area contributed by atoms with Crippen LogP contribution in [0.3, 0.4) is 0 Å². The number of carbonyl (C=O) groups is 1. The lowest BCUT2D eigenvalue weighted by molar-refractivity contribution is -0.129. The number of rotatable bonds is 9. The SMILES string of the molecule is CCC(CC)CNC(=NC)NCCC(CC)N1CCCC1=O. The molecule has 0 bridgehead atoms. The van der Waals surface area contributed by atoms with Crippen LogP contribution in [-0.4, -0.2) is 49.5 Å². The van der Waals surface area contributed by atoms with Crippen molar-refractivity contribution in [2.45, 2.75) is 65.3 Å². The fourth-order valence-electron chi connectivity index (χ4n) is 3.03. The van der Waals surface area contributed by atoms with Crippen LogP contribution in [0.5, 0.6) is 0 Å². The van der Waals surface area contributed by atoms with E-state index in [1.54, 1.807) is 0 Å². The largest absolute Gasteiger partial charge is 0.356 e. The number of guanidine groups is 1. The predicted octanol–water partition coefficient (Wildman–Crippen LogP) is 2.38. The predicted molar refractivity (Wildman–Crippen MR) is 93.1 cm³/mol. The number of nitrogens with one attached hydrogen (secondary N) is 2. The summed E-state index contributed by atoms with van der Waals surface area (Å²) in [6.07, 6.45) is 6.12. The molecular formula is C17H34N4O. The summed E-state index contributed by atoms with van der Waals surface area (Å²) in [5.74, 6) is 1.89. The molecule has 1 unspecified atom stereocenters. The van der Waals surface area contributed by atoms with E-state index in [0.717, 1.165) is 51.3 Å². The summed E-state index contributed by atoms with van der Waals surface area (Å²) in [7, 11) is 1.81. The van der Waals surface area contributed by atoms with Gasteiger partial charge in [0.15, 0.2) is 5.96 Å². The van der Waals surface area contributed by atoms with Crippen molar-refractivity contribution < 1.29 is 4.79 Å². The van der Waals surface area contributed by atoms with E-state index in [1.807, 2.05) is 7.05 Å². The molecule has 1 heterocycles. The zero-order valence-corrected chi connectivity index (χ0v) is 14.8. The Morgan fingerprint density at radius 1 is 1.23 bits per heavy atom. The topological polar surface area (TPSA) is 56.7 Å². The second kappa shape index (κ2) is 10.5. The van der Waals surface area contributed by atoms with Crippen molar-refractivity contribution in [1.82, 2.24) is 15.5 Å². The molecule has 0 saturated carbocycles. The minimum absolute atomic E-state index is 0.322. The molecule has 1 fully saturated rings. The van der Waals surface area contributed by atoms with Gasteiger partial charge in [0.05, 0.1) is 0 Å². The monoisotopic (exact) mass is 310 g/mol. The van der Waals surface area contributed by atoms with E-state index >= 15 is 0 Å². The Hall–Kier alpha value is -1.26. The molecule has 0 aliphatic carbocycles. The molecule has 0 aromatic heterocycles. The van der Waals surface area contributed by atoms with Crippen LogP contribution < -0.4 is 10.6 Å². The fourth-order valence-corrected chi connectivity index (χ4v) is 3.03. The summed E-state index contributed by atoms with van der Waals surface area (Å²) in [6, 6.07) is 0.361. The standard InChI is InChI=1S/C17H34N4O/c1-5-14(6-2)13-20-17(18-4)19-11-10-15(7-3)21-12-8-9-16(21)22/h14-15H,5-13H2,1-4H3,(H2,18,19,20). The van der Waals surface area contributed by atoms with E-state index in [9.17, 15) is 4.79 Å². The first-order valence-corrected chi connectivity index (χ1v) is 8.90. The van der Waals surface area contributed by atoms with Gasteiger partial charge in [0.1, 0.15) is 0 Å². The van der Waals surface area contributed by atoms with E-state index in [-0.39, 0.29) is 0 Å². The average molecular weight is 310 g/mol. The molecule has 1 rings (SSSR count). The number of hydrogen-bond acceptors (Lipinski definition) is 2. The van der Waals surface area contributed by atoms with Gasteiger partial charge in [-0.1, -0.05) is 33.6 Å². The lowest BCUT2D eigenvalue weighted by atomic mass is 10.0. The quantitative estimate of drug-likeness (QED) is 0.508. The smallest absolute Gasteiger partial charge is 0.222 e. The molecule has 1 aliphatic heterocycles. The number of amides is 1. The highest BCUT2D eigenvalue weighted by molar-refractivity contribution is 5.79. The Morgan fingerprint density at radius 3 is 2.45 bits per heavy atom. The van der Waals surface area contributed by atoms with Crippen LogP contribution in [0.2, 0.25) is 0 Å². The van der Waals surface area contributed by atoms with Crippen LogP contribution in [-0.2, 0) is 4.79 Å². The van der Waals surface area contributed by atoms with Crippen molar-refractivity contribution in [3.8, 4) is 0 Å². The summed E-state index contributed by atoms with van der Waals surface area (Å²) in [6.45, 7) is 9.37. The van der Waals surface area contributed by atoms with Crippen molar-refractivity contribution in [2.75, 3.05) is 26.7 Å². The number of nitrogens with zero attached hydrogens (tertiary/aromatic N) is 2. The number of carbonyl (C=O) groups excluding carboxylic acids is 1. The van der Waals surface area contributed by atoms with Crippen molar-refractivity contribution in [1.29, 1.82) is 0 Å². The van der Waals surface area contributed by atoms with Gasteiger partial charge in [-0.05, 0) is 25.2 Å². The van der Waals surface area contributed by atoms with Gasteiger partial charge in [-0.25, -0.2) is 0 Å². The number of likely N-dealkylation sites (tertiary alicyclic amines) is 1. The van der Waals surface area contributed by atoms with Gasteiger partial charge in [-0.15, -0.1) is 0 Å². The van der Waals surface area contributed by atoms with Gasteiger partial charge in [0.25, 0.3) is 0 Å². The van der Waals surface area contributed by atoms with Crippen LogP contribution >= 0.6 is 0 Å². The maximum atomic E-state index is 11.8. The van der Waals surface area contributed by atoms with E-state index in [0.29, 0.717) is 17.9 Å². The summed E-state index contributed by atoms with van der Waals surface area (Å²) in [5.41, 5.74) is 0. The maximum absolute atomic E-state index is 11.8. The Balaban J connectivity index is 2.32. The van der Waals surface area contributed by atoms with Crippen LogP contribution in [0.15, 0.2) is 4.99 Å². The minimum atomic E-state index is 0.322. The molecule has 22 heavy (non-hydrogen) atoms. The molecule has 5 nitrogen and oxygen atoms in total. The molecule has 0 spiro atoms. The molecule has 0 aromatic carbocycles. The molecule has 128 valence electrons. The van der Waals surface area contributed by atoms with Crippen LogP contribution in [0, 0.1) is 5.92 Å². The first kappa shape index (κ1) is 18.8. The maximum Gasteiger partial charge on any atom is 0.222 e. The lowest BCUT2D eigenvalue weighted by Gasteiger charge is -2.27. The first-order chi connectivity index (χ1) is 10.7. The molecular weight excluding hydrogens is 276 g/mol. The van der Waals surface area contributed by atoms with E-state index < -0.39 is 0 Å². The summed E-state index contributed by atoms with van der Waals surface area (Å²) in [5, 5.41) is 6.78. The van der Waals surface area contributed by atoms with Crippen molar-refractivity contribution in [2.24, 2.45) is 10.9 Å². The Bertz CT molecular complexity index is 353. The van der Waals surface area contributed by atoms with Gasteiger partial charge >= 0.3 is 0 Å². The number of aliphatic imine (C=N–C) groups is 1. The van der Waals surface area contributed by atoms with Gasteiger partial charge in [0, 0.05) is 39.1 Å². The summed E-state index contributed by atoms with van der Waals surface area (Å²) < 4.78 is 0. The van der Waals surface area contributed by atoms with Gasteiger partial charge < -0.3 is 15.5 Å². The molecule has 1 atom stereocenters. The third-order valence-electron chi connectivity index (χ3n) is 4.73. The molecule has 5 heteroatoms. The van der Waals surface area contributed by atoms with E-state index in [2.05, 4.69) is 41.3 Å². The highest BCUT2D eigenvalue weighted by Crippen LogP contribution is 2.17. The first-order valence-electron chi connectivity index (χ1n) is 8.90. The van der Waals surface area contributed by atoms with E-state index in [4.69, 9.17) is 0 Å². The minimum Gasteiger partial charge on any atom is -0.356 e. The highest BCUT2D eigenvalue weighted by atomic mass is 16.2. The average Bonchev–Trinajstić information content (AvgIpc) is 2.96. The van der Waals surface area contributed by atoms with Gasteiger partial charge in [0.2, 0.25) is 5.91 Å². The molecule has 0 radical (unpaired) electrons. The third kappa shape index (κ3) is 5.85. The Kier molecular flexibility index (Phi) is 8.94. The van der Waals surface area contributed by atoms with E-state index in [1.165, 1.54) is 12.8 Å². The molecule has 1 saturated heterocycles. The van der Waals surface area contributed by atoms with Crippen molar-refractivity contribution >= 4 is 11.9 Å². The van der Waals surface area contributed by atoms with Crippen molar-refractivity contribution in [3.63, 3.8) is 0 Å². The Morgan fingerprint density at radius 2 is 1.95 bits per heavy atom. The Labute approximate surface area is 135 Å². The third-order valence-corrected chi connectivity index (χ3v) is 4.73. The fraction of sp³-hybridized carbons (Fsp3) is 0.882. The lowest BCUT2D eigenvalue weighted by Crippen LogP contribution is -2.43. The zero-order valence-electron chi connectivity index (χ0n) is 14.8. The summed E-state index contributed by atoms with van der Waals surface area (Å²) >= 11 is 0. The normalized spacial score (nSPS) is 17.2. The second-order valence-corrected chi connectivity index (χ2v) is 6.10. The van der Waals surface area contributed by atoms with Crippen LogP contribution in [0.1, 0.15) is 59.3 Å².